The SMILES string of the molecule is CC(C)n1cncc1CCNC(=O)[C@H]1CN(C2c3ccc(Cl)cc3CCc3cc(Br)cnc32)CCN1C(=O)OC(C)(C)C. The molecule has 9 nitrogen and oxygen atoms in total. The lowest BCUT2D eigenvalue weighted by molar-refractivity contribution is -0.129. The number of ether oxygens (including phenoxy) is 1. The molecule has 2 aromatic heterocycles. The van der Waals surface area contributed by atoms with E-state index in [1.54, 1.807) is 4.90 Å². The Balaban J connectivity index is 1.44. The highest BCUT2D eigenvalue weighted by atomic mass is 79.9. The maximum Gasteiger partial charge on any atom is 0.411 e. The molecule has 5 rings (SSSR count). The summed E-state index contributed by atoms with van der Waals surface area (Å²) in [6, 6.07) is 7.51. The molecule has 1 aromatic carbocycles. The van der Waals surface area contributed by atoms with Gasteiger partial charge in [-0.3, -0.25) is 19.6 Å². The summed E-state index contributed by atoms with van der Waals surface area (Å²) in [6.07, 6.45) is 7.30. The summed E-state index contributed by atoms with van der Waals surface area (Å²) in [6.45, 7) is 11.4. The van der Waals surface area contributed by atoms with Crippen LogP contribution in [0.5, 0.6) is 0 Å². The van der Waals surface area contributed by atoms with Gasteiger partial charge in [-0.05, 0) is 98.3 Å². The van der Waals surface area contributed by atoms with Gasteiger partial charge >= 0.3 is 6.09 Å². The van der Waals surface area contributed by atoms with Gasteiger partial charge in [-0.1, -0.05) is 17.7 Å². The third-order valence-electron chi connectivity index (χ3n) is 7.98. The van der Waals surface area contributed by atoms with E-state index in [9.17, 15) is 9.59 Å². The van der Waals surface area contributed by atoms with E-state index in [0.717, 1.165) is 39.8 Å². The molecular weight excluding hydrogens is 632 g/mol. The van der Waals surface area contributed by atoms with E-state index >= 15 is 0 Å². The predicted octanol–water partition coefficient (Wildman–Crippen LogP) is 5.74. The third kappa shape index (κ3) is 7.24. The van der Waals surface area contributed by atoms with Crippen molar-refractivity contribution >= 4 is 39.5 Å². The molecule has 1 fully saturated rings. The van der Waals surface area contributed by atoms with Gasteiger partial charge in [-0.15, -0.1) is 0 Å². The molecule has 1 unspecified atom stereocenters. The molecule has 43 heavy (non-hydrogen) atoms. The Bertz CT molecular complexity index is 1430. The Morgan fingerprint density at radius 2 is 1.91 bits per heavy atom. The predicted molar refractivity (Wildman–Crippen MR) is 170 cm³/mol. The molecule has 2 amide bonds. The molecule has 0 radical (unpaired) electrons. The summed E-state index contributed by atoms with van der Waals surface area (Å²) in [7, 11) is 0. The number of carbonyl (C=O) groups is 2. The summed E-state index contributed by atoms with van der Waals surface area (Å²) < 4.78 is 8.77. The number of aromatic nitrogens is 3. The minimum atomic E-state index is -0.739. The number of fused-ring (bicyclic) bond motifs is 2. The van der Waals surface area contributed by atoms with Crippen molar-refractivity contribution in [3.63, 3.8) is 0 Å². The van der Waals surface area contributed by atoms with Crippen LogP contribution in [0.1, 0.15) is 74.8 Å². The molecule has 1 saturated heterocycles. The highest BCUT2D eigenvalue weighted by molar-refractivity contribution is 9.10. The lowest BCUT2D eigenvalue weighted by atomic mass is 9.95. The lowest BCUT2D eigenvalue weighted by Crippen LogP contribution is -2.61. The van der Waals surface area contributed by atoms with Crippen molar-refractivity contribution in [3.05, 3.63) is 80.6 Å². The van der Waals surface area contributed by atoms with Crippen LogP contribution >= 0.6 is 27.5 Å². The average molecular weight is 672 g/mol. The van der Waals surface area contributed by atoms with Gasteiger partial charge in [0.05, 0.1) is 18.1 Å². The van der Waals surface area contributed by atoms with Gasteiger partial charge in [-0.2, -0.15) is 0 Å². The van der Waals surface area contributed by atoms with E-state index in [-0.39, 0.29) is 18.0 Å². The lowest BCUT2D eigenvalue weighted by Gasteiger charge is -2.44. The topological polar surface area (TPSA) is 92.6 Å². The zero-order valence-corrected chi connectivity index (χ0v) is 27.8. The fraction of sp³-hybridized carbons (Fsp3) is 0.500. The van der Waals surface area contributed by atoms with Crippen molar-refractivity contribution in [3.8, 4) is 0 Å². The number of nitrogens with zero attached hydrogens (tertiary/aromatic N) is 5. The maximum absolute atomic E-state index is 13.9. The second-order valence-corrected chi connectivity index (χ2v) is 13.9. The van der Waals surface area contributed by atoms with Crippen LogP contribution in [0.3, 0.4) is 0 Å². The Kier molecular flexibility index (Phi) is 9.49. The summed E-state index contributed by atoms with van der Waals surface area (Å²) in [5, 5.41) is 3.80. The van der Waals surface area contributed by atoms with Crippen LogP contribution in [0.15, 0.2) is 47.5 Å². The molecule has 1 aliphatic carbocycles. The first-order valence-electron chi connectivity index (χ1n) is 14.9. The van der Waals surface area contributed by atoms with Crippen molar-refractivity contribution in [2.75, 3.05) is 26.2 Å². The Morgan fingerprint density at radius 1 is 1.14 bits per heavy atom. The molecule has 11 heteroatoms. The summed E-state index contributed by atoms with van der Waals surface area (Å²) >= 11 is 10.0. The van der Waals surface area contributed by atoms with Gasteiger partial charge < -0.3 is 14.6 Å². The number of hydrogen-bond acceptors (Lipinski definition) is 6. The molecule has 2 atom stereocenters. The van der Waals surface area contributed by atoms with E-state index in [0.29, 0.717) is 37.6 Å². The molecule has 0 saturated carbocycles. The maximum atomic E-state index is 13.9. The summed E-state index contributed by atoms with van der Waals surface area (Å²) in [5.74, 6) is -0.208. The van der Waals surface area contributed by atoms with Gasteiger partial charge in [0.15, 0.2) is 0 Å². The molecule has 1 aliphatic heterocycles. The van der Waals surface area contributed by atoms with E-state index in [1.807, 2.05) is 51.6 Å². The number of aryl methyl sites for hydroxylation is 2. The molecule has 1 N–H and O–H groups in total. The highest BCUT2D eigenvalue weighted by Gasteiger charge is 2.41. The van der Waals surface area contributed by atoms with Crippen molar-refractivity contribution in [1.29, 1.82) is 0 Å². The molecule has 230 valence electrons. The van der Waals surface area contributed by atoms with Crippen LogP contribution in [0.25, 0.3) is 0 Å². The Morgan fingerprint density at radius 3 is 2.65 bits per heavy atom. The zero-order chi connectivity index (χ0) is 30.9. The van der Waals surface area contributed by atoms with Crippen molar-refractivity contribution < 1.29 is 14.3 Å². The van der Waals surface area contributed by atoms with Crippen LogP contribution in [0, 0.1) is 0 Å². The quantitative estimate of drug-likeness (QED) is 0.359. The van der Waals surface area contributed by atoms with E-state index in [1.165, 1.54) is 5.56 Å². The number of pyridine rings is 1. The zero-order valence-electron chi connectivity index (χ0n) is 25.4. The highest BCUT2D eigenvalue weighted by Crippen LogP contribution is 2.38. The van der Waals surface area contributed by atoms with Crippen LogP contribution in [0.4, 0.5) is 4.79 Å². The number of piperazine rings is 1. The third-order valence-corrected chi connectivity index (χ3v) is 8.65. The second-order valence-electron chi connectivity index (χ2n) is 12.6. The molecule has 3 aromatic rings. The van der Waals surface area contributed by atoms with Gasteiger partial charge in [0.1, 0.15) is 11.6 Å². The standard InChI is InChI=1S/C32H40BrClN6O3/c1-20(2)40-19-35-17-25(40)10-11-36-30(41)27-18-38(12-13-39(27)31(42)43-32(3,4)5)29-26-9-8-24(34)15-21(26)6-7-22-14-23(33)16-37-28(22)29/h8-9,14-17,19-20,27,29H,6-7,10-13,18H2,1-5H3,(H,36,41)/t27-,29?/m1/s1. The van der Waals surface area contributed by atoms with Crippen molar-refractivity contribution in [2.24, 2.45) is 0 Å². The van der Waals surface area contributed by atoms with Gasteiger partial charge in [-0.25, -0.2) is 9.78 Å². The summed E-state index contributed by atoms with van der Waals surface area (Å²) in [5.41, 5.74) is 4.79. The first kappa shape index (κ1) is 31.5. The van der Waals surface area contributed by atoms with Gasteiger partial charge in [0.2, 0.25) is 5.91 Å². The number of benzene rings is 1. The minimum Gasteiger partial charge on any atom is -0.444 e. The number of carbonyl (C=O) groups excluding carboxylic acids is 2. The van der Waals surface area contributed by atoms with Crippen LogP contribution < -0.4 is 5.32 Å². The first-order chi connectivity index (χ1) is 20.4. The molecular formula is C32H40BrClN6O3. The largest absolute Gasteiger partial charge is 0.444 e. The molecule has 0 spiro atoms. The van der Waals surface area contributed by atoms with Gasteiger partial charge in [0.25, 0.3) is 0 Å². The minimum absolute atomic E-state index is 0.186. The Labute approximate surface area is 267 Å². The summed E-state index contributed by atoms with van der Waals surface area (Å²) in [4.78, 5) is 40.3. The second kappa shape index (κ2) is 13.0. The van der Waals surface area contributed by atoms with Crippen molar-refractivity contribution in [1.82, 2.24) is 29.7 Å². The molecule has 0 bridgehead atoms. The van der Waals surface area contributed by atoms with E-state index in [4.69, 9.17) is 21.3 Å². The van der Waals surface area contributed by atoms with E-state index < -0.39 is 17.7 Å². The fourth-order valence-corrected chi connectivity index (χ4v) is 6.58. The first-order valence-corrected chi connectivity index (χ1v) is 16.0. The van der Waals surface area contributed by atoms with Gasteiger partial charge in [0, 0.05) is 66.2 Å². The van der Waals surface area contributed by atoms with Crippen LogP contribution in [0.2, 0.25) is 5.02 Å². The fourth-order valence-electron chi connectivity index (χ4n) is 6.01. The van der Waals surface area contributed by atoms with Crippen LogP contribution in [-0.4, -0.2) is 74.2 Å². The van der Waals surface area contributed by atoms with Crippen molar-refractivity contribution in [2.45, 2.75) is 77.6 Å². The molecule has 2 aliphatic rings. The smallest absolute Gasteiger partial charge is 0.411 e. The number of hydrogen-bond donors (Lipinski definition) is 1. The number of nitrogens with one attached hydrogen (secondary N) is 1. The normalized spacial score (nSPS) is 19.0. The Hall–Kier alpha value is -2.95. The van der Waals surface area contributed by atoms with E-state index in [2.05, 4.69) is 61.7 Å². The number of rotatable bonds is 6. The number of amides is 2. The number of halogens is 2. The number of imidazole rings is 1. The van der Waals surface area contributed by atoms with Crippen LogP contribution in [-0.2, 0) is 28.8 Å². The monoisotopic (exact) mass is 670 g/mol. The average Bonchev–Trinajstić information content (AvgIpc) is 3.35. The molecule has 3 heterocycles.